The highest BCUT2D eigenvalue weighted by atomic mass is 14.2. The second-order valence-corrected chi connectivity index (χ2v) is 2.72. The SMILES string of the molecule is C=Cc1cccc(C=CC#N)c1C=C. The summed E-state index contributed by atoms with van der Waals surface area (Å²) in [5.74, 6) is 0. The highest BCUT2D eigenvalue weighted by Gasteiger charge is 1.98. The van der Waals surface area contributed by atoms with E-state index in [2.05, 4.69) is 13.2 Å². The smallest absolute Gasteiger partial charge is 0.0912 e. The number of nitriles is 1. The van der Waals surface area contributed by atoms with Crippen molar-refractivity contribution in [3.05, 3.63) is 54.1 Å². The molecule has 0 aliphatic rings. The highest BCUT2D eigenvalue weighted by Crippen LogP contribution is 2.18. The molecule has 0 saturated carbocycles. The Morgan fingerprint density at radius 2 is 1.86 bits per heavy atom. The third kappa shape index (κ3) is 1.99. The molecule has 1 rings (SSSR count). The van der Waals surface area contributed by atoms with Crippen LogP contribution in [-0.2, 0) is 0 Å². The maximum atomic E-state index is 8.43. The minimum atomic E-state index is 0.985. The van der Waals surface area contributed by atoms with Gasteiger partial charge in [-0.3, -0.25) is 0 Å². The summed E-state index contributed by atoms with van der Waals surface area (Å²) >= 11 is 0. The van der Waals surface area contributed by atoms with Crippen LogP contribution in [0.1, 0.15) is 16.7 Å². The number of hydrogen-bond donors (Lipinski definition) is 0. The second-order valence-electron chi connectivity index (χ2n) is 2.72. The van der Waals surface area contributed by atoms with Crippen LogP contribution >= 0.6 is 0 Å². The lowest BCUT2D eigenvalue weighted by molar-refractivity contribution is 1.53. The molecule has 0 aliphatic carbocycles. The Kier molecular flexibility index (Phi) is 3.46. The molecule has 1 nitrogen and oxygen atoms in total. The van der Waals surface area contributed by atoms with Gasteiger partial charge in [0.05, 0.1) is 6.07 Å². The molecule has 0 fully saturated rings. The normalized spacial score (nSPS) is 9.64. The van der Waals surface area contributed by atoms with Gasteiger partial charge in [0.1, 0.15) is 0 Å². The van der Waals surface area contributed by atoms with E-state index in [1.807, 2.05) is 24.3 Å². The zero-order chi connectivity index (χ0) is 10.4. The zero-order valence-electron chi connectivity index (χ0n) is 7.90. The monoisotopic (exact) mass is 181 g/mol. The number of hydrogen-bond acceptors (Lipinski definition) is 1. The summed E-state index contributed by atoms with van der Waals surface area (Å²) in [6.07, 6.45) is 6.77. The standard InChI is InChI=1S/C13H11N/c1-3-11-7-5-8-12(9-6-10-14)13(11)4-2/h3-9H,1-2H2. The van der Waals surface area contributed by atoms with Gasteiger partial charge in [0, 0.05) is 6.08 Å². The van der Waals surface area contributed by atoms with Crippen LogP contribution in [-0.4, -0.2) is 0 Å². The Hall–Kier alpha value is -2.07. The predicted molar refractivity (Wildman–Crippen MR) is 61.3 cm³/mol. The molecule has 0 bridgehead atoms. The fraction of sp³-hybridized carbons (Fsp3) is 0. The van der Waals surface area contributed by atoms with E-state index in [9.17, 15) is 0 Å². The Morgan fingerprint density at radius 1 is 1.14 bits per heavy atom. The molecule has 0 atom stereocenters. The van der Waals surface area contributed by atoms with E-state index in [4.69, 9.17) is 5.26 Å². The minimum Gasteiger partial charge on any atom is -0.193 e. The van der Waals surface area contributed by atoms with Gasteiger partial charge in [0.25, 0.3) is 0 Å². The number of allylic oxidation sites excluding steroid dienone is 1. The van der Waals surface area contributed by atoms with E-state index in [1.54, 1.807) is 18.2 Å². The number of nitrogens with zero attached hydrogens (tertiary/aromatic N) is 1. The summed E-state index contributed by atoms with van der Waals surface area (Å²) in [6.45, 7) is 7.47. The summed E-state index contributed by atoms with van der Waals surface area (Å²) in [5, 5.41) is 8.43. The molecule has 0 amide bonds. The van der Waals surface area contributed by atoms with Gasteiger partial charge in [-0.1, -0.05) is 43.5 Å². The topological polar surface area (TPSA) is 23.8 Å². The molecular formula is C13H11N. The van der Waals surface area contributed by atoms with Gasteiger partial charge in [-0.25, -0.2) is 0 Å². The molecule has 0 saturated heterocycles. The van der Waals surface area contributed by atoms with Crippen LogP contribution in [0.3, 0.4) is 0 Å². The first-order chi connectivity index (χ1) is 6.83. The van der Waals surface area contributed by atoms with Crippen molar-refractivity contribution < 1.29 is 0 Å². The van der Waals surface area contributed by atoms with Crippen molar-refractivity contribution in [2.24, 2.45) is 0 Å². The van der Waals surface area contributed by atoms with E-state index in [1.165, 1.54) is 6.08 Å². The summed E-state index contributed by atoms with van der Waals surface area (Å²) in [6, 6.07) is 7.80. The Balaban J connectivity index is 3.30. The van der Waals surface area contributed by atoms with Gasteiger partial charge in [-0.05, 0) is 22.8 Å². The van der Waals surface area contributed by atoms with Crippen molar-refractivity contribution in [1.29, 1.82) is 5.26 Å². The van der Waals surface area contributed by atoms with Crippen molar-refractivity contribution in [2.75, 3.05) is 0 Å². The van der Waals surface area contributed by atoms with Crippen LogP contribution in [0.25, 0.3) is 18.2 Å². The molecule has 1 aromatic carbocycles. The highest BCUT2D eigenvalue weighted by molar-refractivity contribution is 5.73. The number of benzene rings is 1. The van der Waals surface area contributed by atoms with Crippen molar-refractivity contribution in [3.63, 3.8) is 0 Å². The van der Waals surface area contributed by atoms with Crippen LogP contribution in [0.2, 0.25) is 0 Å². The van der Waals surface area contributed by atoms with Crippen LogP contribution in [0.4, 0.5) is 0 Å². The maximum Gasteiger partial charge on any atom is 0.0912 e. The fourth-order valence-corrected chi connectivity index (χ4v) is 1.29. The van der Waals surface area contributed by atoms with E-state index in [-0.39, 0.29) is 0 Å². The Bertz CT molecular complexity index is 419. The minimum absolute atomic E-state index is 0.985. The quantitative estimate of drug-likeness (QED) is 0.654. The van der Waals surface area contributed by atoms with Crippen LogP contribution in [0.5, 0.6) is 0 Å². The average Bonchev–Trinajstić information content (AvgIpc) is 2.25. The lowest BCUT2D eigenvalue weighted by Gasteiger charge is -2.04. The zero-order valence-corrected chi connectivity index (χ0v) is 7.90. The summed E-state index contributed by atoms with van der Waals surface area (Å²) in [4.78, 5) is 0. The predicted octanol–water partition coefficient (Wildman–Crippen LogP) is 3.51. The molecular weight excluding hydrogens is 170 g/mol. The second kappa shape index (κ2) is 4.84. The van der Waals surface area contributed by atoms with Gasteiger partial charge in [0.15, 0.2) is 0 Å². The summed E-state index contributed by atoms with van der Waals surface area (Å²) in [7, 11) is 0. The summed E-state index contributed by atoms with van der Waals surface area (Å²) < 4.78 is 0. The molecule has 68 valence electrons. The van der Waals surface area contributed by atoms with Crippen molar-refractivity contribution in [2.45, 2.75) is 0 Å². The van der Waals surface area contributed by atoms with E-state index in [0.717, 1.165) is 16.7 Å². The maximum absolute atomic E-state index is 8.43. The molecule has 1 aromatic rings. The first-order valence-corrected chi connectivity index (χ1v) is 4.27. The van der Waals surface area contributed by atoms with Crippen LogP contribution < -0.4 is 0 Å². The molecule has 1 heteroatoms. The van der Waals surface area contributed by atoms with E-state index in [0.29, 0.717) is 0 Å². The van der Waals surface area contributed by atoms with E-state index < -0.39 is 0 Å². The number of rotatable bonds is 3. The molecule has 0 aliphatic heterocycles. The third-order valence-electron chi connectivity index (χ3n) is 1.94. The third-order valence-corrected chi connectivity index (χ3v) is 1.94. The molecule has 0 N–H and O–H groups in total. The largest absolute Gasteiger partial charge is 0.193 e. The molecule has 0 radical (unpaired) electrons. The van der Waals surface area contributed by atoms with Gasteiger partial charge in [0.2, 0.25) is 0 Å². The first kappa shape index (κ1) is 10.0. The summed E-state index contributed by atoms with van der Waals surface area (Å²) in [5.41, 5.74) is 3.02. The fourth-order valence-electron chi connectivity index (χ4n) is 1.29. The van der Waals surface area contributed by atoms with Crippen molar-refractivity contribution in [1.82, 2.24) is 0 Å². The Morgan fingerprint density at radius 3 is 2.43 bits per heavy atom. The molecule has 14 heavy (non-hydrogen) atoms. The lowest BCUT2D eigenvalue weighted by atomic mass is 10.0. The van der Waals surface area contributed by atoms with Crippen LogP contribution in [0, 0.1) is 11.3 Å². The van der Waals surface area contributed by atoms with Gasteiger partial charge < -0.3 is 0 Å². The molecule has 0 spiro atoms. The molecule has 0 unspecified atom stereocenters. The van der Waals surface area contributed by atoms with E-state index >= 15 is 0 Å². The average molecular weight is 181 g/mol. The first-order valence-electron chi connectivity index (χ1n) is 4.27. The van der Waals surface area contributed by atoms with Crippen molar-refractivity contribution >= 4 is 18.2 Å². The van der Waals surface area contributed by atoms with Gasteiger partial charge >= 0.3 is 0 Å². The van der Waals surface area contributed by atoms with Crippen LogP contribution in [0.15, 0.2) is 37.4 Å². The molecule has 0 aromatic heterocycles. The van der Waals surface area contributed by atoms with Gasteiger partial charge in [-0.15, -0.1) is 0 Å². The van der Waals surface area contributed by atoms with Crippen molar-refractivity contribution in [3.8, 4) is 6.07 Å². The molecule has 0 heterocycles. The Labute approximate surface area is 84.3 Å². The lowest BCUT2D eigenvalue weighted by Crippen LogP contribution is -1.84. The van der Waals surface area contributed by atoms with Gasteiger partial charge in [-0.2, -0.15) is 5.26 Å².